The molecule has 0 aliphatic carbocycles. The molecular weight excluding hydrogens is 521 g/mol. The summed E-state index contributed by atoms with van der Waals surface area (Å²) in [6, 6.07) is 14.1. The Morgan fingerprint density at radius 2 is 0.824 bits per heavy atom. The van der Waals surface area contributed by atoms with Crippen LogP contribution in [-0.4, -0.2) is 10.2 Å². The minimum atomic E-state index is 0. The number of hydrogen-bond acceptors (Lipinski definition) is 2. The predicted molar refractivity (Wildman–Crippen MR) is 81.6 cm³/mol. The first-order valence-corrected chi connectivity index (χ1v) is 6.63. The Hall–Kier alpha value is 0.383. The molecule has 0 spiro atoms. The van der Waals surface area contributed by atoms with Crippen LogP contribution in [0.15, 0.2) is 48.5 Å². The van der Waals surface area contributed by atoms with Crippen molar-refractivity contribution in [2.45, 2.75) is 0 Å². The molecule has 0 heterocycles. The van der Waals surface area contributed by atoms with Gasteiger partial charge in [0.25, 0.3) is 0 Å². The Kier molecular flexibility index (Phi) is 9.54. The molecule has 0 fully saturated rings. The Balaban J connectivity index is 0.000000284. The van der Waals surface area contributed by atoms with Crippen molar-refractivity contribution in [2.75, 3.05) is 0 Å². The van der Waals surface area contributed by atoms with Crippen molar-refractivity contribution < 1.29 is 36.4 Å². The molecule has 0 amide bonds. The van der Waals surface area contributed by atoms with E-state index in [1.165, 1.54) is 0 Å². The third-order valence-corrected chi connectivity index (χ3v) is 3.09. The van der Waals surface area contributed by atoms with E-state index in [1.807, 2.05) is 24.3 Å². The monoisotopic (exact) mass is 530 g/mol. The smallest absolute Gasteiger partial charge is 0.115 e. The van der Waals surface area contributed by atoms with Gasteiger partial charge in [0.05, 0.1) is 0 Å². The maximum absolute atomic E-state index is 8.75. The number of halogens is 2. The van der Waals surface area contributed by atoms with Gasteiger partial charge in [0.15, 0.2) is 0 Å². The van der Waals surface area contributed by atoms with Crippen LogP contribution in [0.1, 0.15) is 0 Å². The number of phenolic OH excluding ortho intramolecular Hbond substituents is 2. The molecule has 0 atom stereocenters. The minimum absolute atomic E-state index is 0. The van der Waals surface area contributed by atoms with Crippen molar-refractivity contribution in [2.24, 2.45) is 0 Å². The fourth-order valence-electron chi connectivity index (χ4n) is 0.882. The van der Waals surface area contributed by atoms with E-state index in [2.05, 4.69) is 45.2 Å². The molecule has 88 valence electrons. The average molecular weight is 531 g/mol. The second kappa shape index (κ2) is 9.33. The molecule has 0 aliphatic rings. The van der Waals surface area contributed by atoms with Crippen LogP contribution in [0.2, 0.25) is 0 Å². The summed E-state index contributed by atoms with van der Waals surface area (Å²) in [5.74, 6) is 0.649. The van der Waals surface area contributed by atoms with Gasteiger partial charge in [-0.15, -0.1) is 0 Å². The van der Waals surface area contributed by atoms with Crippen LogP contribution in [0.3, 0.4) is 0 Å². The van der Waals surface area contributed by atoms with E-state index < -0.39 is 0 Å². The number of phenols is 2. The summed E-state index contributed by atoms with van der Waals surface area (Å²) in [4.78, 5) is 0. The second-order valence-corrected chi connectivity index (χ2v) is 5.44. The van der Waals surface area contributed by atoms with Crippen LogP contribution in [0.4, 0.5) is 0 Å². The number of hydrogen-bond donors (Lipinski definition) is 2. The number of aromatic hydroxyl groups is 2. The van der Waals surface area contributed by atoms with Gasteiger partial charge in [-0.25, -0.2) is 0 Å². The van der Waals surface area contributed by atoms with Crippen molar-refractivity contribution in [1.82, 2.24) is 0 Å². The molecule has 17 heavy (non-hydrogen) atoms. The van der Waals surface area contributed by atoms with Gasteiger partial charge in [-0.3, -0.25) is 0 Å². The molecule has 2 aromatic carbocycles. The summed E-state index contributed by atoms with van der Waals surface area (Å²) in [5, 5.41) is 17.5. The number of benzene rings is 2. The zero-order valence-electron chi connectivity index (χ0n) is 8.77. The molecule has 0 saturated carbocycles. The van der Waals surface area contributed by atoms with Gasteiger partial charge in [-0.2, -0.15) is 0 Å². The zero-order chi connectivity index (χ0) is 12.0. The Morgan fingerprint density at radius 1 is 0.588 bits per heavy atom. The van der Waals surface area contributed by atoms with Crippen LogP contribution in [0.5, 0.6) is 11.5 Å². The van der Waals surface area contributed by atoms with Gasteiger partial charge < -0.3 is 10.2 Å². The van der Waals surface area contributed by atoms with E-state index in [1.54, 1.807) is 24.3 Å². The normalized spacial score (nSPS) is 8.59. The van der Waals surface area contributed by atoms with Crippen molar-refractivity contribution in [3.63, 3.8) is 0 Å². The summed E-state index contributed by atoms with van der Waals surface area (Å²) >= 11 is 4.37. The first-order chi connectivity index (χ1) is 7.58. The molecule has 0 aromatic heterocycles. The van der Waals surface area contributed by atoms with Gasteiger partial charge >= 0.3 is 0 Å². The Bertz CT molecular complexity index is 344. The van der Waals surface area contributed by atoms with E-state index in [4.69, 9.17) is 10.2 Å². The maximum Gasteiger partial charge on any atom is 0.115 e. The molecule has 5 heteroatoms. The minimum Gasteiger partial charge on any atom is -0.508 e. The van der Waals surface area contributed by atoms with E-state index in [9.17, 15) is 0 Å². The molecule has 2 N–H and O–H groups in total. The molecule has 0 bridgehead atoms. The fraction of sp³-hybridized carbons (Fsp3) is 0. The van der Waals surface area contributed by atoms with Crippen LogP contribution < -0.4 is 0 Å². The molecule has 0 aliphatic heterocycles. The van der Waals surface area contributed by atoms with E-state index in [-0.39, 0.29) is 26.2 Å². The first kappa shape index (κ1) is 17.4. The number of rotatable bonds is 0. The summed E-state index contributed by atoms with van der Waals surface area (Å²) in [5.41, 5.74) is 0. The standard InChI is InChI=1S/2C6H5IO.Zr/c2*7-5-1-3-6(8)4-2-5;/h2*1-4,8H;. The van der Waals surface area contributed by atoms with Gasteiger partial charge in [0.1, 0.15) is 11.5 Å². The third-order valence-electron chi connectivity index (χ3n) is 1.65. The van der Waals surface area contributed by atoms with E-state index >= 15 is 0 Å². The van der Waals surface area contributed by atoms with Crippen LogP contribution >= 0.6 is 45.2 Å². The molecule has 0 unspecified atom stereocenters. The van der Waals surface area contributed by atoms with Crippen molar-refractivity contribution in [3.8, 4) is 11.5 Å². The molecule has 2 rings (SSSR count). The molecule has 0 radical (unpaired) electrons. The molecule has 0 saturated heterocycles. The Morgan fingerprint density at radius 3 is 1.00 bits per heavy atom. The maximum atomic E-state index is 8.75. The molecular formula is C12H10I2O2Zr. The van der Waals surface area contributed by atoms with Crippen LogP contribution in [0.25, 0.3) is 0 Å². The molecule has 2 aromatic rings. The van der Waals surface area contributed by atoms with Crippen LogP contribution in [0, 0.1) is 7.14 Å². The largest absolute Gasteiger partial charge is 0.508 e. The van der Waals surface area contributed by atoms with Crippen molar-refractivity contribution >= 4 is 45.2 Å². The van der Waals surface area contributed by atoms with Crippen LogP contribution in [-0.2, 0) is 26.2 Å². The van der Waals surface area contributed by atoms with Gasteiger partial charge in [0.2, 0.25) is 0 Å². The summed E-state index contributed by atoms with van der Waals surface area (Å²) in [6.45, 7) is 0. The SMILES string of the molecule is Oc1ccc(I)cc1.Oc1ccc(I)cc1.[Zr]. The third kappa shape index (κ3) is 8.16. The van der Waals surface area contributed by atoms with E-state index in [0.29, 0.717) is 11.5 Å². The summed E-state index contributed by atoms with van der Waals surface area (Å²) < 4.78 is 2.28. The van der Waals surface area contributed by atoms with Gasteiger partial charge in [-0.1, -0.05) is 0 Å². The quantitative estimate of drug-likeness (QED) is 0.506. The second-order valence-electron chi connectivity index (χ2n) is 2.95. The topological polar surface area (TPSA) is 40.5 Å². The zero-order valence-corrected chi connectivity index (χ0v) is 15.5. The van der Waals surface area contributed by atoms with Crippen molar-refractivity contribution in [3.05, 3.63) is 55.7 Å². The fourth-order valence-corrected chi connectivity index (χ4v) is 1.60. The van der Waals surface area contributed by atoms with Crippen molar-refractivity contribution in [1.29, 1.82) is 0 Å². The first-order valence-electron chi connectivity index (χ1n) is 4.47. The summed E-state index contributed by atoms with van der Waals surface area (Å²) in [6.07, 6.45) is 0. The van der Waals surface area contributed by atoms with E-state index in [0.717, 1.165) is 7.14 Å². The van der Waals surface area contributed by atoms with Gasteiger partial charge in [0, 0.05) is 33.3 Å². The predicted octanol–water partition coefficient (Wildman–Crippen LogP) is 3.99. The Labute approximate surface area is 147 Å². The summed E-state index contributed by atoms with van der Waals surface area (Å²) in [7, 11) is 0. The average Bonchev–Trinajstić information content (AvgIpc) is 2.28. The molecule has 2 nitrogen and oxygen atoms in total. The van der Waals surface area contributed by atoms with Gasteiger partial charge in [-0.05, 0) is 93.7 Å².